The van der Waals surface area contributed by atoms with E-state index in [2.05, 4.69) is 20.8 Å². The van der Waals surface area contributed by atoms with Crippen LogP contribution >= 0.6 is 15.9 Å². The van der Waals surface area contributed by atoms with Gasteiger partial charge in [0.25, 0.3) is 0 Å². The van der Waals surface area contributed by atoms with Gasteiger partial charge in [-0.2, -0.15) is 0 Å². The van der Waals surface area contributed by atoms with Crippen molar-refractivity contribution >= 4 is 27.4 Å². The van der Waals surface area contributed by atoms with Gasteiger partial charge in [0, 0.05) is 35.4 Å². The molecule has 0 saturated carbocycles. The number of hydrogen-bond donors (Lipinski definition) is 0. The lowest BCUT2D eigenvalue weighted by atomic mass is 10.0. The van der Waals surface area contributed by atoms with E-state index >= 15 is 0 Å². The maximum atomic E-state index is 11.7. The first-order chi connectivity index (χ1) is 9.11. The Hall–Kier alpha value is -0.870. The summed E-state index contributed by atoms with van der Waals surface area (Å²) in [6.45, 7) is 6.33. The Balaban J connectivity index is 2.14. The van der Waals surface area contributed by atoms with Crippen LogP contribution in [0, 0.1) is 0 Å². The Morgan fingerprint density at radius 1 is 1.42 bits per heavy atom. The fourth-order valence-electron chi connectivity index (χ4n) is 2.56. The maximum absolute atomic E-state index is 11.7. The average molecular weight is 326 g/mol. The van der Waals surface area contributed by atoms with Crippen LogP contribution in [0.5, 0.6) is 0 Å². The van der Waals surface area contributed by atoms with E-state index in [1.54, 1.807) is 6.92 Å². The number of rotatable bonds is 4. The average Bonchev–Trinajstić information content (AvgIpc) is 2.39. The van der Waals surface area contributed by atoms with Crippen molar-refractivity contribution in [1.82, 2.24) is 0 Å². The molecule has 0 unspecified atom stereocenters. The summed E-state index contributed by atoms with van der Waals surface area (Å²) in [5, 5.41) is 0. The SMILES string of the molecule is CCOC1CCN(c2cc(Br)ccc2C(C)=O)CC1. The number of benzene rings is 1. The molecule has 1 saturated heterocycles. The number of hydrogen-bond acceptors (Lipinski definition) is 3. The van der Waals surface area contributed by atoms with E-state index in [9.17, 15) is 4.79 Å². The maximum Gasteiger partial charge on any atom is 0.161 e. The van der Waals surface area contributed by atoms with Crippen molar-refractivity contribution in [1.29, 1.82) is 0 Å². The molecule has 104 valence electrons. The minimum atomic E-state index is 0.120. The van der Waals surface area contributed by atoms with E-state index in [1.165, 1.54) is 0 Å². The second-order valence-corrected chi connectivity index (χ2v) is 5.78. The van der Waals surface area contributed by atoms with Gasteiger partial charge < -0.3 is 9.64 Å². The molecule has 0 N–H and O–H groups in total. The van der Waals surface area contributed by atoms with Gasteiger partial charge in [-0.3, -0.25) is 4.79 Å². The molecule has 1 aromatic rings. The number of nitrogens with zero attached hydrogens (tertiary/aromatic N) is 1. The zero-order chi connectivity index (χ0) is 13.8. The number of anilines is 1. The van der Waals surface area contributed by atoms with Crippen LogP contribution in [-0.2, 0) is 4.74 Å². The lowest BCUT2D eigenvalue weighted by Gasteiger charge is -2.34. The predicted molar refractivity (Wildman–Crippen MR) is 81.0 cm³/mol. The second kappa shape index (κ2) is 6.53. The van der Waals surface area contributed by atoms with Crippen LogP contribution < -0.4 is 4.90 Å². The van der Waals surface area contributed by atoms with Crippen LogP contribution in [0.15, 0.2) is 22.7 Å². The summed E-state index contributed by atoms with van der Waals surface area (Å²) in [4.78, 5) is 14.0. The van der Waals surface area contributed by atoms with Crippen molar-refractivity contribution in [2.24, 2.45) is 0 Å². The van der Waals surface area contributed by atoms with E-state index in [-0.39, 0.29) is 5.78 Å². The minimum Gasteiger partial charge on any atom is -0.378 e. The zero-order valence-corrected chi connectivity index (χ0v) is 13.1. The first-order valence-electron chi connectivity index (χ1n) is 6.79. The molecule has 0 radical (unpaired) electrons. The zero-order valence-electron chi connectivity index (χ0n) is 11.5. The third-order valence-corrected chi connectivity index (χ3v) is 4.02. The highest BCUT2D eigenvalue weighted by atomic mass is 79.9. The number of carbonyl (C=O) groups excluding carboxylic acids is 1. The summed E-state index contributed by atoms with van der Waals surface area (Å²) < 4.78 is 6.68. The molecule has 1 aliphatic heterocycles. The number of ketones is 1. The lowest BCUT2D eigenvalue weighted by Crippen LogP contribution is -2.37. The van der Waals surface area contributed by atoms with Gasteiger partial charge >= 0.3 is 0 Å². The molecular weight excluding hydrogens is 306 g/mol. The van der Waals surface area contributed by atoms with Gasteiger partial charge in [0.15, 0.2) is 5.78 Å². The van der Waals surface area contributed by atoms with E-state index in [0.29, 0.717) is 6.10 Å². The van der Waals surface area contributed by atoms with E-state index in [4.69, 9.17) is 4.74 Å². The van der Waals surface area contributed by atoms with E-state index in [1.807, 2.05) is 25.1 Å². The van der Waals surface area contributed by atoms with Gasteiger partial charge in [-0.15, -0.1) is 0 Å². The molecule has 1 aromatic carbocycles. The highest BCUT2D eigenvalue weighted by Crippen LogP contribution is 2.28. The van der Waals surface area contributed by atoms with Crippen molar-refractivity contribution < 1.29 is 9.53 Å². The molecule has 0 atom stereocenters. The van der Waals surface area contributed by atoms with Crippen molar-refractivity contribution in [2.45, 2.75) is 32.8 Å². The van der Waals surface area contributed by atoms with Gasteiger partial charge in [0.2, 0.25) is 0 Å². The third-order valence-electron chi connectivity index (χ3n) is 3.52. The summed E-state index contributed by atoms with van der Waals surface area (Å²) in [5.41, 5.74) is 1.84. The van der Waals surface area contributed by atoms with Crippen molar-refractivity contribution in [3.05, 3.63) is 28.2 Å². The molecule has 0 aromatic heterocycles. The van der Waals surface area contributed by atoms with Crippen LogP contribution in [0.25, 0.3) is 0 Å². The number of halogens is 1. The Labute approximate surface area is 123 Å². The van der Waals surface area contributed by atoms with Crippen LogP contribution in [0.3, 0.4) is 0 Å². The lowest BCUT2D eigenvalue weighted by molar-refractivity contribution is 0.0459. The molecule has 1 fully saturated rings. The molecular formula is C15H20BrNO2. The van der Waals surface area contributed by atoms with E-state index < -0.39 is 0 Å². The number of piperidine rings is 1. The highest BCUT2D eigenvalue weighted by molar-refractivity contribution is 9.10. The third kappa shape index (κ3) is 3.57. The summed E-state index contributed by atoms with van der Waals surface area (Å²) in [7, 11) is 0. The minimum absolute atomic E-state index is 0.120. The Morgan fingerprint density at radius 3 is 2.68 bits per heavy atom. The summed E-state index contributed by atoms with van der Waals surface area (Å²) in [5.74, 6) is 0.120. The molecule has 1 aliphatic rings. The van der Waals surface area contributed by atoms with Crippen LogP contribution in [0.1, 0.15) is 37.0 Å². The molecule has 0 amide bonds. The molecule has 19 heavy (non-hydrogen) atoms. The van der Waals surface area contributed by atoms with Crippen LogP contribution in [0.2, 0.25) is 0 Å². The van der Waals surface area contributed by atoms with Gasteiger partial charge in [0.1, 0.15) is 0 Å². The summed E-state index contributed by atoms with van der Waals surface area (Å²) in [6.07, 6.45) is 2.42. The molecule has 0 aliphatic carbocycles. The van der Waals surface area contributed by atoms with Gasteiger partial charge in [-0.25, -0.2) is 0 Å². The van der Waals surface area contributed by atoms with Crippen LogP contribution in [-0.4, -0.2) is 31.6 Å². The van der Waals surface area contributed by atoms with Gasteiger partial charge in [-0.1, -0.05) is 15.9 Å². The van der Waals surface area contributed by atoms with E-state index in [0.717, 1.165) is 48.3 Å². The van der Waals surface area contributed by atoms with Crippen molar-refractivity contribution in [2.75, 3.05) is 24.6 Å². The summed E-state index contributed by atoms with van der Waals surface area (Å²) >= 11 is 3.49. The molecule has 0 spiro atoms. The standard InChI is InChI=1S/C15H20BrNO2/c1-3-19-13-6-8-17(9-7-13)15-10-12(16)4-5-14(15)11(2)18/h4-5,10,13H,3,6-9H2,1-2H3. The Morgan fingerprint density at radius 2 is 2.11 bits per heavy atom. The van der Waals surface area contributed by atoms with Crippen molar-refractivity contribution in [3.63, 3.8) is 0 Å². The molecule has 3 nitrogen and oxygen atoms in total. The second-order valence-electron chi connectivity index (χ2n) is 4.86. The van der Waals surface area contributed by atoms with Gasteiger partial charge in [0.05, 0.1) is 6.10 Å². The fraction of sp³-hybridized carbons (Fsp3) is 0.533. The van der Waals surface area contributed by atoms with Crippen LogP contribution in [0.4, 0.5) is 5.69 Å². The number of Topliss-reactive ketones (excluding diaryl/α,β-unsaturated/α-hetero) is 1. The largest absolute Gasteiger partial charge is 0.378 e. The van der Waals surface area contributed by atoms with Gasteiger partial charge in [-0.05, 0) is 44.9 Å². The molecule has 1 heterocycles. The van der Waals surface area contributed by atoms with Crippen molar-refractivity contribution in [3.8, 4) is 0 Å². The molecule has 4 heteroatoms. The normalized spacial score (nSPS) is 16.7. The predicted octanol–water partition coefficient (Wildman–Crippen LogP) is 3.66. The highest BCUT2D eigenvalue weighted by Gasteiger charge is 2.22. The Bertz CT molecular complexity index is 453. The number of carbonyl (C=O) groups is 1. The molecule has 2 rings (SSSR count). The first-order valence-corrected chi connectivity index (χ1v) is 7.58. The Kier molecular flexibility index (Phi) is 4.99. The number of ether oxygens (including phenoxy) is 1. The first kappa shape index (κ1) is 14.5. The smallest absolute Gasteiger partial charge is 0.161 e. The fourth-order valence-corrected chi connectivity index (χ4v) is 2.91. The summed E-state index contributed by atoms with van der Waals surface area (Å²) in [6, 6.07) is 5.86. The monoisotopic (exact) mass is 325 g/mol. The molecule has 0 bridgehead atoms. The topological polar surface area (TPSA) is 29.5 Å². The quantitative estimate of drug-likeness (QED) is 0.791.